The Morgan fingerprint density at radius 1 is 1.14 bits per heavy atom. The van der Waals surface area contributed by atoms with E-state index in [-0.39, 0.29) is 18.4 Å². The van der Waals surface area contributed by atoms with E-state index in [0.29, 0.717) is 47.6 Å². The summed E-state index contributed by atoms with van der Waals surface area (Å²) in [5, 5.41) is 22.3. The van der Waals surface area contributed by atoms with Gasteiger partial charge in [0.25, 0.3) is 11.8 Å². The van der Waals surface area contributed by atoms with Gasteiger partial charge in [0.05, 0.1) is 23.0 Å². The molecule has 0 unspecified atom stereocenters. The molecule has 11 heteroatoms. The van der Waals surface area contributed by atoms with Gasteiger partial charge in [0.15, 0.2) is 5.60 Å². The zero-order chi connectivity index (χ0) is 29.4. The quantitative estimate of drug-likeness (QED) is 0.231. The summed E-state index contributed by atoms with van der Waals surface area (Å²) < 4.78 is 24.4. The van der Waals surface area contributed by atoms with E-state index in [0.717, 1.165) is 16.5 Å². The number of aromatic nitrogens is 3. The molecule has 3 aliphatic heterocycles. The van der Waals surface area contributed by atoms with Gasteiger partial charge in [-0.2, -0.15) is 0 Å². The van der Waals surface area contributed by atoms with E-state index >= 15 is 4.11 Å². The van der Waals surface area contributed by atoms with Crippen molar-refractivity contribution in [3.8, 4) is 0 Å². The highest BCUT2D eigenvalue weighted by atomic mass is 28.4. The number of carbonyl (C=O) groups is 2. The maximum absolute atomic E-state index is 16.0. The first-order valence-corrected chi connectivity index (χ1v) is 17.3. The second-order valence-electron chi connectivity index (χ2n) is 12.0. The van der Waals surface area contributed by atoms with Gasteiger partial charge in [0, 0.05) is 59.6 Å². The smallest absolute Gasteiger partial charge is 0.263 e. The second-order valence-corrected chi connectivity index (χ2v) is 15.8. The van der Waals surface area contributed by atoms with E-state index < -0.39 is 31.6 Å². The van der Waals surface area contributed by atoms with Crippen LogP contribution in [0.25, 0.3) is 10.8 Å². The molecule has 9 nitrogen and oxygen atoms in total. The molecule has 3 aromatic carbocycles. The largest absolute Gasteiger partial charge is 0.396 e. The number of anilines is 3. The van der Waals surface area contributed by atoms with Gasteiger partial charge in [-0.25, -0.2) is 0 Å². The van der Waals surface area contributed by atoms with E-state index in [2.05, 4.69) is 15.6 Å². The lowest BCUT2D eigenvalue weighted by molar-refractivity contribution is -0.143. The minimum atomic E-state index is -3.31. The first-order chi connectivity index (χ1) is 20.1. The van der Waals surface area contributed by atoms with Crippen LogP contribution in [0.4, 0.5) is 21.2 Å². The monoisotopic (exact) mass is 585 g/mol. The van der Waals surface area contributed by atoms with Crippen molar-refractivity contribution in [3.05, 3.63) is 77.6 Å². The number of carbonyl (C=O) groups excluding carboxylic acids is 2. The molecule has 4 heterocycles. The van der Waals surface area contributed by atoms with Crippen LogP contribution in [0, 0.1) is 5.92 Å². The number of hydrogen-bond donors (Lipinski definition) is 2. The van der Waals surface area contributed by atoms with Crippen LogP contribution in [0.15, 0.2) is 60.8 Å². The SMILES string of the molecule is C[C@@H]1[C@@H]([Si](C)(C)F)[C@H](CCn2cc(CCO)nn2)O[C@@]12C(=O)Nc1ccc(N3C(=O)c4cccc5cccc3c45)cc12. The summed E-state index contributed by atoms with van der Waals surface area (Å²) in [5.74, 6) is -0.881. The maximum Gasteiger partial charge on any atom is 0.263 e. The number of nitrogens with one attached hydrogen (secondary N) is 1. The average molecular weight is 586 g/mol. The third kappa shape index (κ3) is 3.87. The van der Waals surface area contributed by atoms with Crippen molar-refractivity contribution in [1.29, 1.82) is 0 Å². The summed E-state index contributed by atoms with van der Waals surface area (Å²) in [6.07, 6.45) is 2.10. The van der Waals surface area contributed by atoms with E-state index in [9.17, 15) is 14.7 Å². The minimum absolute atomic E-state index is 0.0189. The number of hydrogen-bond acceptors (Lipinski definition) is 6. The number of nitrogens with zero attached hydrogens (tertiary/aromatic N) is 4. The Bertz CT molecular complexity index is 1750. The molecule has 216 valence electrons. The molecule has 1 aromatic heterocycles. The highest BCUT2D eigenvalue weighted by Gasteiger charge is 2.65. The molecule has 0 bridgehead atoms. The fourth-order valence-electron chi connectivity index (χ4n) is 7.37. The third-order valence-electron chi connectivity index (χ3n) is 9.11. The van der Waals surface area contributed by atoms with Crippen LogP contribution in [-0.4, -0.2) is 53.0 Å². The van der Waals surface area contributed by atoms with Crippen LogP contribution in [-0.2, 0) is 28.1 Å². The number of amides is 2. The molecule has 42 heavy (non-hydrogen) atoms. The van der Waals surface area contributed by atoms with Crippen molar-refractivity contribution >= 4 is 48.1 Å². The van der Waals surface area contributed by atoms with E-state index in [1.807, 2.05) is 61.5 Å². The topological polar surface area (TPSA) is 110 Å². The Hall–Kier alpha value is -3.93. The third-order valence-corrected chi connectivity index (χ3v) is 11.6. The van der Waals surface area contributed by atoms with E-state index in [4.69, 9.17) is 4.74 Å². The van der Waals surface area contributed by atoms with Gasteiger partial charge in [-0.1, -0.05) is 36.4 Å². The van der Waals surface area contributed by atoms with Gasteiger partial charge < -0.3 is 19.3 Å². The summed E-state index contributed by atoms with van der Waals surface area (Å²) in [6.45, 7) is 5.67. The zero-order valence-electron chi connectivity index (χ0n) is 23.7. The first-order valence-electron chi connectivity index (χ1n) is 14.3. The molecule has 4 atom stereocenters. The number of rotatable bonds is 7. The number of halogens is 1. The molecular weight excluding hydrogens is 553 g/mol. The van der Waals surface area contributed by atoms with Gasteiger partial charge in [-0.05, 0) is 55.2 Å². The maximum atomic E-state index is 16.0. The van der Waals surface area contributed by atoms with Crippen LogP contribution >= 0.6 is 0 Å². The van der Waals surface area contributed by atoms with Gasteiger partial charge >= 0.3 is 0 Å². The molecule has 2 N–H and O–H groups in total. The molecule has 0 aliphatic carbocycles. The highest BCUT2D eigenvalue weighted by Crippen LogP contribution is 2.59. The Morgan fingerprint density at radius 3 is 2.69 bits per heavy atom. The van der Waals surface area contributed by atoms with Crippen molar-refractivity contribution in [2.24, 2.45) is 5.92 Å². The van der Waals surface area contributed by atoms with Crippen LogP contribution < -0.4 is 10.2 Å². The molecule has 4 aromatic rings. The fraction of sp³-hybridized carbons (Fsp3) is 0.355. The molecular formula is C31H32FN5O4Si. The predicted molar refractivity (Wildman–Crippen MR) is 159 cm³/mol. The Kier molecular flexibility index (Phi) is 6.12. The summed E-state index contributed by atoms with van der Waals surface area (Å²) in [4.78, 5) is 29.1. The lowest BCUT2D eigenvalue weighted by atomic mass is 9.82. The van der Waals surface area contributed by atoms with Gasteiger partial charge in [0.2, 0.25) is 8.41 Å². The molecule has 1 saturated heterocycles. The number of benzene rings is 3. The standard InChI is InChI=1S/C31H32FN5O4Si/c1-18-28(42(2,3)32)26(12-14-36-17-20(13-15-38)34-35-36)41-31(18)23-16-21(10-11-24(23)33-30(31)40)37-25-9-5-7-19-6-4-8-22(27(19)25)29(37)39/h4-11,16-18,26,28,38H,12-15H2,1-3H3,(H,33,40)/t18-,26+,28-,31+/m1/s1. The van der Waals surface area contributed by atoms with E-state index in [1.54, 1.807) is 28.9 Å². The van der Waals surface area contributed by atoms with Crippen molar-refractivity contribution in [3.63, 3.8) is 0 Å². The van der Waals surface area contributed by atoms with E-state index in [1.165, 1.54) is 0 Å². The van der Waals surface area contributed by atoms with Crippen molar-refractivity contribution in [1.82, 2.24) is 15.0 Å². The summed E-state index contributed by atoms with van der Waals surface area (Å²) in [7, 11) is -3.31. The number of aliphatic hydroxyl groups is 1. The minimum Gasteiger partial charge on any atom is -0.396 e. The molecule has 0 radical (unpaired) electrons. The highest BCUT2D eigenvalue weighted by molar-refractivity contribution is 6.72. The Balaban J connectivity index is 1.26. The van der Waals surface area contributed by atoms with Gasteiger partial charge in [-0.3, -0.25) is 19.2 Å². The summed E-state index contributed by atoms with van der Waals surface area (Å²) >= 11 is 0. The molecule has 0 saturated carbocycles. The number of aryl methyl sites for hydroxylation is 1. The van der Waals surface area contributed by atoms with Crippen LogP contribution in [0.3, 0.4) is 0 Å². The number of ether oxygens (including phenoxy) is 1. The van der Waals surface area contributed by atoms with Crippen molar-refractivity contribution in [2.75, 3.05) is 16.8 Å². The summed E-state index contributed by atoms with van der Waals surface area (Å²) in [5.41, 5.74) is 2.14. The van der Waals surface area contributed by atoms with Gasteiger partial charge in [0.1, 0.15) is 0 Å². The molecule has 3 aliphatic rings. The average Bonchev–Trinajstić information content (AvgIpc) is 3.68. The van der Waals surface area contributed by atoms with Crippen molar-refractivity contribution in [2.45, 2.75) is 56.7 Å². The Morgan fingerprint density at radius 2 is 1.93 bits per heavy atom. The van der Waals surface area contributed by atoms with Crippen LogP contribution in [0.5, 0.6) is 0 Å². The Labute approximate surface area is 243 Å². The lowest BCUT2D eigenvalue weighted by Crippen LogP contribution is -2.42. The molecule has 7 rings (SSSR count). The summed E-state index contributed by atoms with van der Waals surface area (Å²) in [6, 6.07) is 17.1. The lowest BCUT2D eigenvalue weighted by Gasteiger charge is -2.31. The van der Waals surface area contributed by atoms with Crippen molar-refractivity contribution < 1.29 is 23.5 Å². The van der Waals surface area contributed by atoms with Gasteiger partial charge in [-0.15, -0.1) is 5.10 Å². The molecule has 2 amide bonds. The van der Waals surface area contributed by atoms with Crippen LogP contribution in [0.2, 0.25) is 18.6 Å². The van der Waals surface area contributed by atoms with Crippen LogP contribution in [0.1, 0.15) is 35.0 Å². The first kappa shape index (κ1) is 26.9. The second kappa shape index (κ2) is 9.55. The fourth-order valence-corrected chi connectivity index (χ4v) is 9.91. The zero-order valence-corrected chi connectivity index (χ0v) is 24.7. The number of fused-ring (bicyclic) bond motifs is 2. The number of aliphatic hydroxyl groups excluding tert-OH is 1. The predicted octanol–water partition coefficient (Wildman–Crippen LogP) is 5.08. The molecule has 1 fully saturated rings. The normalized spacial score (nSPS) is 24.7. The molecule has 1 spiro atoms.